The Balaban J connectivity index is 4.15. The topological polar surface area (TPSA) is 0 Å². The summed E-state index contributed by atoms with van der Waals surface area (Å²) in [6, 6.07) is 0. The highest BCUT2D eigenvalue weighted by Gasteiger charge is 2.16. The van der Waals surface area contributed by atoms with Crippen LogP contribution in [-0.2, 0) is 0 Å². The highest BCUT2D eigenvalue weighted by Crippen LogP contribution is 2.43. The predicted octanol–water partition coefficient (Wildman–Crippen LogP) is 5.61. The number of hydrogen-bond donors (Lipinski definition) is 0. The minimum Gasteiger partial charge on any atom is -0.106 e. The van der Waals surface area contributed by atoms with Crippen LogP contribution in [0.1, 0.15) is 60.8 Å². The molecule has 0 aromatic rings. The molecule has 0 heterocycles. The third-order valence-corrected chi connectivity index (χ3v) is 7.22. The summed E-state index contributed by atoms with van der Waals surface area (Å²) in [5.41, 5.74) is 0. The second kappa shape index (κ2) is 9.46. The highest BCUT2D eigenvalue weighted by molar-refractivity contribution is 7.57. The molecule has 0 aliphatic carbocycles. The fraction of sp³-hybridized carbons (Fsp3) is 1.00. The smallest absolute Gasteiger partial charge is 0.0300 e. The van der Waals surface area contributed by atoms with Gasteiger partial charge in [0.25, 0.3) is 0 Å². The SMILES string of the molecule is CCC(C)CP(CC(C)CC)CC(C)CC. The number of hydrogen-bond acceptors (Lipinski definition) is 0. The van der Waals surface area contributed by atoms with Crippen molar-refractivity contribution in [2.75, 3.05) is 18.5 Å². The van der Waals surface area contributed by atoms with Gasteiger partial charge >= 0.3 is 0 Å². The summed E-state index contributed by atoms with van der Waals surface area (Å²) in [4.78, 5) is 0. The standard InChI is InChI=1S/C15H33P/c1-7-13(4)10-16(11-14(5)8-2)12-15(6)9-3/h13-15H,7-12H2,1-6H3. The first-order valence-corrected chi connectivity index (χ1v) is 9.15. The van der Waals surface area contributed by atoms with Crippen molar-refractivity contribution >= 4 is 7.92 Å². The van der Waals surface area contributed by atoms with Gasteiger partial charge < -0.3 is 0 Å². The Kier molecular flexibility index (Phi) is 9.71. The quantitative estimate of drug-likeness (QED) is 0.463. The second-order valence-electron chi connectivity index (χ2n) is 5.76. The minimum atomic E-state index is 0.304. The molecule has 98 valence electrons. The first-order valence-electron chi connectivity index (χ1n) is 7.25. The largest absolute Gasteiger partial charge is 0.106 e. The van der Waals surface area contributed by atoms with Crippen molar-refractivity contribution in [3.05, 3.63) is 0 Å². The Labute approximate surface area is 105 Å². The fourth-order valence-corrected chi connectivity index (χ4v) is 5.80. The molecule has 0 N–H and O–H groups in total. The monoisotopic (exact) mass is 244 g/mol. The van der Waals surface area contributed by atoms with Gasteiger partial charge in [-0.15, -0.1) is 7.92 Å². The van der Waals surface area contributed by atoms with Crippen molar-refractivity contribution in [2.45, 2.75) is 60.8 Å². The van der Waals surface area contributed by atoms with Gasteiger partial charge in [0, 0.05) is 0 Å². The van der Waals surface area contributed by atoms with Gasteiger partial charge in [0.1, 0.15) is 0 Å². The van der Waals surface area contributed by atoms with Crippen molar-refractivity contribution in [3.63, 3.8) is 0 Å². The molecular weight excluding hydrogens is 211 g/mol. The molecule has 0 amide bonds. The molecule has 0 rings (SSSR count). The normalized spacial score (nSPS) is 19.1. The molecule has 0 fully saturated rings. The molecule has 0 saturated carbocycles. The lowest BCUT2D eigenvalue weighted by Gasteiger charge is -2.26. The van der Waals surface area contributed by atoms with Crippen LogP contribution in [0.15, 0.2) is 0 Å². The molecule has 1 heteroatoms. The van der Waals surface area contributed by atoms with Gasteiger partial charge in [-0.2, -0.15) is 0 Å². The lowest BCUT2D eigenvalue weighted by Crippen LogP contribution is -2.11. The summed E-state index contributed by atoms with van der Waals surface area (Å²) in [6.07, 6.45) is 8.63. The Bertz CT molecular complexity index is 127. The van der Waals surface area contributed by atoms with E-state index in [9.17, 15) is 0 Å². The van der Waals surface area contributed by atoms with E-state index in [0.717, 1.165) is 17.8 Å². The van der Waals surface area contributed by atoms with Gasteiger partial charge in [0.15, 0.2) is 0 Å². The molecule has 0 aliphatic rings. The van der Waals surface area contributed by atoms with Crippen LogP contribution in [-0.4, -0.2) is 18.5 Å². The number of rotatable bonds is 9. The summed E-state index contributed by atoms with van der Waals surface area (Å²) in [6.45, 7) is 14.3. The van der Waals surface area contributed by atoms with Crippen molar-refractivity contribution in [1.82, 2.24) is 0 Å². The van der Waals surface area contributed by atoms with Gasteiger partial charge in [0.2, 0.25) is 0 Å². The van der Waals surface area contributed by atoms with E-state index < -0.39 is 0 Å². The molecule has 3 atom stereocenters. The Hall–Kier alpha value is 0.430. The van der Waals surface area contributed by atoms with E-state index in [2.05, 4.69) is 41.5 Å². The molecule has 0 aromatic carbocycles. The van der Waals surface area contributed by atoms with Gasteiger partial charge in [-0.25, -0.2) is 0 Å². The zero-order chi connectivity index (χ0) is 12.6. The average molecular weight is 244 g/mol. The van der Waals surface area contributed by atoms with E-state index in [1.54, 1.807) is 0 Å². The van der Waals surface area contributed by atoms with Crippen LogP contribution in [0.4, 0.5) is 0 Å². The van der Waals surface area contributed by atoms with E-state index >= 15 is 0 Å². The maximum Gasteiger partial charge on any atom is -0.0300 e. The van der Waals surface area contributed by atoms with Gasteiger partial charge in [-0.05, 0) is 36.2 Å². The molecule has 0 nitrogen and oxygen atoms in total. The van der Waals surface area contributed by atoms with E-state index in [0.29, 0.717) is 7.92 Å². The van der Waals surface area contributed by atoms with E-state index in [1.165, 1.54) is 37.7 Å². The third kappa shape index (κ3) is 7.66. The highest BCUT2D eigenvalue weighted by atomic mass is 31.1. The molecule has 3 unspecified atom stereocenters. The molecule has 0 spiro atoms. The third-order valence-electron chi connectivity index (χ3n) is 3.80. The van der Waals surface area contributed by atoms with E-state index in [-0.39, 0.29) is 0 Å². The maximum absolute atomic E-state index is 2.43. The lowest BCUT2D eigenvalue weighted by molar-refractivity contribution is 0.595. The van der Waals surface area contributed by atoms with Crippen LogP contribution in [0.25, 0.3) is 0 Å². The van der Waals surface area contributed by atoms with Crippen molar-refractivity contribution in [3.8, 4) is 0 Å². The molecule has 0 bridgehead atoms. The lowest BCUT2D eigenvalue weighted by atomic mass is 10.1. The van der Waals surface area contributed by atoms with E-state index in [1.807, 2.05) is 0 Å². The summed E-state index contributed by atoms with van der Waals surface area (Å²) in [5.74, 6) is 2.83. The fourth-order valence-electron chi connectivity index (χ4n) is 1.93. The van der Waals surface area contributed by atoms with Gasteiger partial charge in [0.05, 0.1) is 0 Å². The zero-order valence-corrected chi connectivity index (χ0v) is 13.3. The first-order chi connectivity index (χ1) is 7.53. The molecule has 0 aliphatic heterocycles. The summed E-state index contributed by atoms with van der Waals surface area (Å²) in [7, 11) is 0.304. The Morgan fingerprint density at radius 3 is 1.06 bits per heavy atom. The van der Waals surface area contributed by atoms with Crippen molar-refractivity contribution in [1.29, 1.82) is 0 Å². The molecule has 16 heavy (non-hydrogen) atoms. The summed E-state index contributed by atoms with van der Waals surface area (Å²) >= 11 is 0. The average Bonchev–Trinajstić information content (AvgIpc) is 2.28. The van der Waals surface area contributed by atoms with Crippen LogP contribution in [0.3, 0.4) is 0 Å². The molecule has 0 saturated heterocycles. The van der Waals surface area contributed by atoms with Gasteiger partial charge in [-0.1, -0.05) is 60.8 Å². The second-order valence-corrected chi connectivity index (χ2v) is 8.20. The zero-order valence-electron chi connectivity index (χ0n) is 12.4. The Morgan fingerprint density at radius 1 is 0.625 bits per heavy atom. The molecular formula is C15H33P. The van der Waals surface area contributed by atoms with E-state index in [4.69, 9.17) is 0 Å². The van der Waals surface area contributed by atoms with Crippen LogP contribution in [0.2, 0.25) is 0 Å². The minimum absolute atomic E-state index is 0.304. The Morgan fingerprint density at radius 2 is 0.875 bits per heavy atom. The summed E-state index contributed by atoms with van der Waals surface area (Å²) in [5, 5.41) is 0. The molecule has 0 aromatic heterocycles. The van der Waals surface area contributed by atoms with Gasteiger partial charge in [-0.3, -0.25) is 0 Å². The molecule has 0 radical (unpaired) electrons. The van der Waals surface area contributed by atoms with Crippen LogP contribution in [0.5, 0.6) is 0 Å². The van der Waals surface area contributed by atoms with Crippen LogP contribution >= 0.6 is 7.92 Å². The summed E-state index contributed by atoms with van der Waals surface area (Å²) < 4.78 is 0. The van der Waals surface area contributed by atoms with Crippen molar-refractivity contribution in [2.24, 2.45) is 17.8 Å². The first kappa shape index (κ1) is 16.4. The van der Waals surface area contributed by atoms with Crippen LogP contribution < -0.4 is 0 Å². The van der Waals surface area contributed by atoms with Crippen molar-refractivity contribution < 1.29 is 0 Å². The van der Waals surface area contributed by atoms with Crippen LogP contribution in [0, 0.1) is 17.8 Å². The predicted molar refractivity (Wildman–Crippen MR) is 79.9 cm³/mol. The maximum atomic E-state index is 2.43.